The van der Waals surface area contributed by atoms with E-state index in [4.69, 9.17) is 0 Å². The highest BCUT2D eigenvalue weighted by Crippen LogP contribution is 2.21. The Bertz CT molecular complexity index is 197. The van der Waals surface area contributed by atoms with E-state index < -0.39 is 0 Å². The van der Waals surface area contributed by atoms with Crippen LogP contribution in [0.15, 0.2) is 0 Å². The molecule has 0 bridgehead atoms. The zero-order chi connectivity index (χ0) is 13.2. The van der Waals surface area contributed by atoms with Crippen LogP contribution in [-0.4, -0.2) is 48.1 Å². The standard InChI is InChI=1S/C15H32N2S/c1-4-15-13-17(11-12-18-15)10-8-6-5-7-9-16-14(2)3/h14-16H,4-13H2,1-3H3. The molecule has 1 aliphatic rings. The summed E-state index contributed by atoms with van der Waals surface area (Å²) in [6.07, 6.45) is 6.86. The quantitative estimate of drug-likeness (QED) is 0.648. The largest absolute Gasteiger partial charge is 0.315 e. The summed E-state index contributed by atoms with van der Waals surface area (Å²) in [7, 11) is 0. The minimum atomic E-state index is 0.641. The van der Waals surface area contributed by atoms with Gasteiger partial charge < -0.3 is 10.2 Å². The molecule has 18 heavy (non-hydrogen) atoms. The highest BCUT2D eigenvalue weighted by atomic mass is 32.2. The lowest BCUT2D eigenvalue weighted by atomic mass is 10.1. The summed E-state index contributed by atoms with van der Waals surface area (Å²) in [5.74, 6) is 1.34. The van der Waals surface area contributed by atoms with Gasteiger partial charge in [0.15, 0.2) is 0 Å². The maximum absolute atomic E-state index is 3.49. The van der Waals surface area contributed by atoms with Crippen LogP contribution in [0.5, 0.6) is 0 Å². The lowest BCUT2D eigenvalue weighted by molar-refractivity contribution is 0.274. The summed E-state index contributed by atoms with van der Waals surface area (Å²) in [6, 6.07) is 0.641. The molecular formula is C15H32N2S. The molecule has 108 valence electrons. The molecule has 0 aliphatic carbocycles. The van der Waals surface area contributed by atoms with E-state index in [1.54, 1.807) is 0 Å². The number of unbranched alkanes of at least 4 members (excludes halogenated alkanes) is 3. The number of hydrogen-bond donors (Lipinski definition) is 1. The normalized spacial score (nSPS) is 21.7. The Hall–Kier alpha value is 0.270. The Morgan fingerprint density at radius 3 is 2.72 bits per heavy atom. The van der Waals surface area contributed by atoms with Crippen LogP contribution in [0.25, 0.3) is 0 Å². The van der Waals surface area contributed by atoms with E-state index in [9.17, 15) is 0 Å². The molecule has 1 saturated heterocycles. The van der Waals surface area contributed by atoms with Crippen LogP contribution in [0.1, 0.15) is 52.9 Å². The van der Waals surface area contributed by atoms with Gasteiger partial charge in [0.1, 0.15) is 0 Å². The van der Waals surface area contributed by atoms with Crippen molar-refractivity contribution in [1.82, 2.24) is 10.2 Å². The van der Waals surface area contributed by atoms with Gasteiger partial charge in [0.05, 0.1) is 0 Å². The first-order chi connectivity index (χ1) is 8.72. The molecule has 0 spiro atoms. The Balaban J connectivity index is 1.91. The third-order valence-corrected chi connectivity index (χ3v) is 5.00. The second kappa shape index (κ2) is 10.1. The molecular weight excluding hydrogens is 240 g/mol. The predicted octanol–water partition coefficient (Wildman–Crippen LogP) is 3.37. The van der Waals surface area contributed by atoms with Crippen LogP contribution in [0.4, 0.5) is 0 Å². The summed E-state index contributed by atoms with van der Waals surface area (Å²) in [6.45, 7) is 11.9. The van der Waals surface area contributed by atoms with Gasteiger partial charge in [-0.1, -0.05) is 33.6 Å². The van der Waals surface area contributed by atoms with Crippen molar-refractivity contribution in [2.75, 3.05) is 31.9 Å². The van der Waals surface area contributed by atoms with Crippen molar-refractivity contribution in [2.24, 2.45) is 0 Å². The molecule has 0 saturated carbocycles. The lowest BCUT2D eigenvalue weighted by Crippen LogP contribution is -2.38. The molecule has 1 heterocycles. The highest BCUT2D eigenvalue weighted by molar-refractivity contribution is 8.00. The molecule has 1 unspecified atom stereocenters. The number of rotatable bonds is 9. The van der Waals surface area contributed by atoms with E-state index in [0.717, 1.165) is 5.25 Å². The van der Waals surface area contributed by atoms with E-state index in [1.807, 2.05) is 0 Å². The first kappa shape index (κ1) is 16.3. The van der Waals surface area contributed by atoms with E-state index in [2.05, 4.69) is 42.7 Å². The van der Waals surface area contributed by atoms with Gasteiger partial charge in [0.2, 0.25) is 0 Å². The van der Waals surface area contributed by atoms with Crippen molar-refractivity contribution >= 4 is 11.8 Å². The third kappa shape index (κ3) is 7.65. The van der Waals surface area contributed by atoms with Crippen molar-refractivity contribution in [3.63, 3.8) is 0 Å². The fraction of sp³-hybridized carbons (Fsp3) is 1.00. The van der Waals surface area contributed by atoms with Crippen LogP contribution in [0.2, 0.25) is 0 Å². The zero-order valence-electron chi connectivity index (χ0n) is 12.6. The maximum atomic E-state index is 3.49. The number of nitrogens with one attached hydrogen (secondary N) is 1. The minimum Gasteiger partial charge on any atom is -0.315 e. The van der Waals surface area contributed by atoms with Gasteiger partial charge in [-0.3, -0.25) is 0 Å². The molecule has 0 radical (unpaired) electrons. The van der Waals surface area contributed by atoms with Crippen LogP contribution >= 0.6 is 11.8 Å². The van der Waals surface area contributed by atoms with E-state index >= 15 is 0 Å². The predicted molar refractivity (Wildman–Crippen MR) is 84.6 cm³/mol. The van der Waals surface area contributed by atoms with Gasteiger partial charge in [0.25, 0.3) is 0 Å². The van der Waals surface area contributed by atoms with Gasteiger partial charge in [-0.15, -0.1) is 0 Å². The summed E-state index contributed by atoms with van der Waals surface area (Å²) < 4.78 is 0. The Labute approximate surface area is 118 Å². The summed E-state index contributed by atoms with van der Waals surface area (Å²) in [5.41, 5.74) is 0. The van der Waals surface area contributed by atoms with Gasteiger partial charge in [0, 0.05) is 30.1 Å². The monoisotopic (exact) mass is 272 g/mol. The average molecular weight is 273 g/mol. The summed E-state index contributed by atoms with van der Waals surface area (Å²) >= 11 is 2.17. The fourth-order valence-electron chi connectivity index (χ4n) is 2.44. The fourth-order valence-corrected chi connectivity index (χ4v) is 3.68. The SMILES string of the molecule is CCC1CN(CCCCCCNC(C)C)CCS1. The van der Waals surface area contributed by atoms with Gasteiger partial charge >= 0.3 is 0 Å². The van der Waals surface area contributed by atoms with E-state index in [0.29, 0.717) is 6.04 Å². The zero-order valence-corrected chi connectivity index (χ0v) is 13.4. The Morgan fingerprint density at radius 1 is 1.22 bits per heavy atom. The highest BCUT2D eigenvalue weighted by Gasteiger charge is 2.17. The van der Waals surface area contributed by atoms with E-state index in [-0.39, 0.29) is 0 Å². The van der Waals surface area contributed by atoms with Crippen LogP contribution in [0, 0.1) is 0 Å². The number of hydrogen-bond acceptors (Lipinski definition) is 3. The maximum Gasteiger partial charge on any atom is 0.0172 e. The molecule has 3 heteroatoms. The van der Waals surface area contributed by atoms with Crippen molar-refractivity contribution in [3.05, 3.63) is 0 Å². The van der Waals surface area contributed by atoms with Gasteiger partial charge in [-0.05, 0) is 32.4 Å². The van der Waals surface area contributed by atoms with Crippen LogP contribution in [-0.2, 0) is 0 Å². The van der Waals surface area contributed by atoms with Crippen molar-refractivity contribution in [1.29, 1.82) is 0 Å². The first-order valence-corrected chi connectivity index (χ1v) is 8.84. The average Bonchev–Trinajstić information content (AvgIpc) is 2.37. The van der Waals surface area contributed by atoms with Crippen molar-refractivity contribution in [2.45, 2.75) is 64.2 Å². The molecule has 0 aromatic heterocycles. The Morgan fingerprint density at radius 2 is 2.00 bits per heavy atom. The first-order valence-electron chi connectivity index (χ1n) is 7.79. The Kier molecular flexibility index (Phi) is 9.16. The van der Waals surface area contributed by atoms with Crippen molar-refractivity contribution in [3.8, 4) is 0 Å². The van der Waals surface area contributed by atoms with E-state index in [1.165, 1.54) is 64.0 Å². The second-order valence-electron chi connectivity index (χ2n) is 5.72. The molecule has 1 N–H and O–H groups in total. The molecule has 0 aromatic carbocycles. The molecule has 1 rings (SSSR count). The van der Waals surface area contributed by atoms with Crippen LogP contribution in [0.3, 0.4) is 0 Å². The van der Waals surface area contributed by atoms with Crippen LogP contribution < -0.4 is 5.32 Å². The number of nitrogens with zero attached hydrogens (tertiary/aromatic N) is 1. The second-order valence-corrected chi connectivity index (χ2v) is 7.13. The van der Waals surface area contributed by atoms with Crippen molar-refractivity contribution < 1.29 is 0 Å². The molecule has 0 amide bonds. The summed E-state index contributed by atoms with van der Waals surface area (Å²) in [5, 5.41) is 4.38. The molecule has 0 aromatic rings. The smallest absolute Gasteiger partial charge is 0.0172 e. The molecule has 1 aliphatic heterocycles. The lowest BCUT2D eigenvalue weighted by Gasteiger charge is -2.31. The summed E-state index contributed by atoms with van der Waals surface area (Å²) in [4.78, 5) is 2.68. The minimum absolute atomic E-state index is 0.641. The third-order valence-electron chi connectivity index (χ3n) is 3.63. The molecule has 1 atom stereocenters. The van der Waals surface area contributed by atoms with Gasteiger partial charge in [-0.2, -0.15) is 11.8 Å². The number of thioether (sulfide) groups is 1. The topological polar surface area (TPSA) is 15.3 Å². The van der Waals surface area contributed by atoms with Gasteiger partial charge in [-0.25, -0.2) is 0 Å². The molecule has 1 fully saturated rings. The molecule has 2 nitrogen and oxygen atoms in total.